The summed E-state index contributed by atoms with van der Waals surface area (Å²) in [6, 6.07) is 12.7. The molecule has 0 radical (unpaired) electrons. The first-order chi connectivity index (χ1) is 11.1. The Morgan fingerprint density at radius 3 is 2.71 bits per heavy atom. The van der Waals surface area contributed by atoms with Crippen molar-refractivity contribution in [2.24, 2.45) is 0 Å². The lowest BCUT2D eigenvalue weighted by Crippen LogP contribution is -2.52. The smallest absolute Gasteiger partial charge is 0.274 e. The van der Waals surface area contributed by atoms with Gasteiger partial charge < -0.3 is 10.2 Å². The highest BCUT2D eigenvalue weighted by Gasteiger charge is 2.25. The Bertz CT molecular complexity index is 748. The van der Waals surface area contributed by atoms with Crippen molar-refractivity contribution >= 4 is 18.3 Å². The minimum absolute atomic E-state index is 0. The van der Waals surface area contributed by atoms with Crippen LogP contribution >= 0.6 is 12.4 Å². The van der Waals surface area contributed by atoms with Gasteiger partial charge in [-0.3, -0.25) is 9.59 Å². The molecule has 0 spiro atoms. The van der Waals surface area contributed by atoms with E-state index < -0.39 is 0 Å². The highest BCUT2D eigenvalue weighted by molar-refractivity contribution is 5.92. The largest absolute Gasteiger partial charge is 0.332 e. The van der Waals surface area contributed by atoms with Gasteiger partial charge in [0.2, 0.25) is 0 Å². The number of nitrogens with zero attached hydrogens (tertiary/aromatic N) is 3. The van der Waals surface area contributed by atoms with Crippen LogP contribution in [-0.2, 0) is 6.54 Å². The van der Waals surface area contributed by atoms with Gasteiger partial charge in [-0.05, 0) is 18.6 Å². The van der Waals surface area contributed by atoms with E-state index in [4.69, 9.17) is 0 Å². The fraction of sp³-hybridized carbons (Fsp3) is 0.353. The summed E-state index contributed by atoms with van der Waals surface area (Å²) in [5.74, 6) is -0.124. The second-order valence-corrected chi connectivity index (χ2v) is 5.75. The van der Waals surface area contributed by atoms with Crippen LogP contribution < -0.4 is 10.9 Å². The van der Waals surface area contributed by atoms with E-state index in [1.54, 1.807) is 4.90 Å². The predicted molar refractivity (Wildman–Crippen MR) is 94.7 cm³/mol. The molecule has 2 aromatic rings. The van der Waals surface area contributed by atoms with Crippen LogP contribution in [0.15, 0.2) is 47.3 Å². The number of piperazine rings is 1. The van der Waals surface area contributed by atoms with Crippen LogP contribution in [0.3, 0.4) is 0 Å². The van der Waals surface area contributed by atoms with E-state index in [1.165, 1.54) is 16.8 Å². The zero-order valence-corrected chi connectivity index (χ0v) is 14.3. The van der Waals surface area contributed by atoms with Crippen LogP contribution in [0.4, 0.5) is 0 Å². The summed E-state index contributed by atoms with van der Waals surface area (Å²) in [7, 11) is 0. The summed E-state index contributed by atoms with van der Waals surface area (Å²) < 4.78 is 1.34. The van der Waals surface area contributed by atoms with Crippen molar-refractivity contribution in [3.05, 3.63) is 64.1 Å². The van der Waals surface area contributed by atoms with Crippen LogP contribution in [-0.4, -0.2) is 46.3 Å². The van der Waals surface area contributed by atoms with Gasteiger partial charge in [-0.15, -0.1) is 12.4 Å². The van der Waals surface area contributed by atoms with E-state index in [-0.39, 0.29) is 29.9 Å². The molecule has 1 aromatic carbocycles. The summed E-state index contributed by atoms with van der Waals surface area (Å²) in [5, 5.41) is 7.52. The van der Waals surface area contributed by atoms with Crippen molar-refractivity contribution in [1.29, 1.82) is 0 Å². The first-order valence-electron chi connectivity index (χ1n) is 7.79. The lowest BCUT2D eigenvalue weighted by atomic mass is 10.2. The zero-order chi connectivity index (χ0) is 16.2. The molecule has 3 rings (SSSR count). The van der Waals surface area contributed by atoms with Crippen molar-refractivity contribution in [3.63, 3.8) is 0 Å². The molecular weight excluding hydrogens is 328 g/mol. The molecule has 1 aliphatic rings. The molecule has 2 heterocycles. The Hall–Kier alpha value is -2.18. The van der Waals surface area contributed by atoms with Crippen LogP contribution in [0.2, 0.25) is 0 Å². The molecule has 1 amide bonds. The lowest BCUT2D eigenvalue weighted by molar-refractivity contribution is 0.0647. The van der Waals surface area contributed by atoms with Crippen molar-refractivity contribution < 1.29 is 4.79 Å². The van der Waals surface area contributed by atoms with Gasteiger partial charge in [0.25, 0.3) is 11.5 Å². The number of aromatic nitrogens is 2. The second-order valence-electron chi connectivity index (χ2n) is 5.75. The summed E-state index contributed by atoms with van der Waals surface area (Å²) in [5.41, 5.74) is 1.08. The zero-order valence-electron chi connectivity index (χ0n) is 13.5. The predicted octanol–water partition coefficient (Wildman–Crippen LogP) is 1.15. The number of hydrogen-bond donors (Lipinski definition) is 1. The molecule has 1 N–H and O–H groups in total. The van der Waals surface area contributed by atoms with Gasteiger partial charge in [0.15, 0.2) is 0 Å². The SMILES string of the molecule is C[C@@H]1CNCCN1C(=O)c1ccc(=O)n(Cc2ccccc2)n1.Cl. The standard InChI is InChI=1S/C17H20N4O2.ClH/c1-13-11-18-9-10-20(13)17(23)15-7-8-16(22)21(19-15)12-14-5-3-2-4-6-14;/h2-8,13,18H,9-12H2,1H3;1H/t13-;/m1./s1. The molecule has 1 saturated heterocycles. The van der Waals surface area contributed by atoms with E-state index in [9.17, 15) is 9.59 Å². The topological polar surface area (TPSA) is 67.2 Å². The number of carbonyl (C=O) groups is 1. The monoisotopic (exact) mass is 348 g/mol. The van der Waals surface area contributed by atoms with Crippen LogP contribution in [0.1, 0.15) is 23.0 Å². The summed E-state index contributed by atoms with van der Waals surface area (Å²) >= 11 is 0. The van der Waals surface area contributed by atoms with Crippen LogP contribution in [0.25, 0.3) is 0 Å². The molecule has 7 heteroatoms. The highest BCUT2D eigenvalue weighted by atomic mass is 35.5. The van der Waals surface area contributed by atoms with Crippen LogP contribution in [0.5, 0.6) is 0 Å². The lowest BCUT2D eigenvalue weighted by Gasteiger charge is -2.33. The Kier molecular flexibility index (Phi) is 6.11. The first-order valence-corrected chi connectivity index (χ1v) is 7.79. The third kappa shape index (κ3) is 4.01. The van der Waals surface area contributed by atoms with Gasteiger partial charge in [0, 0.05) is 31.7 Å². The number of carbonyl (C=O) groups excluding carboxylic acids is 1. The minimum atomic E-state index is -0.209. The van der Waals surface area contributed by atoms with Gasteiger partial charge in [0.05, 0.1) is 6.54 Å². The normalized spacial score (nSPS) is 17.2. The summed E-state index contributed by atoms with van der Waals surface area (Å²) in [4.78, 5) is 26.5. The minimum Gasteiger partial charge on any atom is -0.332 e. The van der Waals surface area contributed by atoms with E-state index in [2.05, 4.69) is 10.4 Å². The maximum atomic E-state index is 12.6. The van der Waals surface area contributed by atoms with Gasteiger partial charge in [-0.1, -0.05) is 30.3 Å². The Morgan fingerprint density at radius 1 is 1.25 bits per heavy atom. The van der Waals surface area contributed by atoms with E-state index in [0.717, 1.165) is 18.7 Å². The maximum Gasteiger partial charge on any atom is 0.274 e. The fourth-order valence-electron chi connectivity index (χ4n) is 2.72. The first kappa shape index (κ1) is 18.2. The third-order valence-electron chi connectivity index (χ3n) is 4.02. The van der Waals surface area contributed by atoms with Crippen LogP contribution in [0, 0.1) is 0 Å². The van der Waals surface area contributed by atoms with Gasteiger partial charge >= 0.3 is 0 Å². The molecule has 1 fully saturated rings. The fourth-order valence-corrected chi connectivity index (χ4v) is 2.72. The molecule has 1 atom stereocenters. The Labute approximate surface area is 146 Å². The molecule has 0 aliphatic carbocycles. The number of rotatable bonds is 3. The summed E-state index contributed by atoms with van der Waals surface area (Å²) in [6.07, 6.45) is 0. The van der Waals surface area contributed by atoms with Crippen molar-refractivity contribution in [2.45, 2.75) is 19.5 Å². The quantitative estimate of drug-likeness (QED) is 0.903. The van der Waals surface area contributed by atoms with Crippen molar-refractivity contribution in [2.75, 3.05) is 19.6 Å². The molecule has 6 nitrogen and oxygen atoms in total. The Morgan fingerprint density at radius 2 is 2.00 bits per heavy atom. The van der Waals surface area contributed by atoms with E-state index in [1.807, 2.05) is 37.3 Å². The molecule has 0 unspecified atom stereocenters. The number of hydrogen-bond acceptors (Lipinski definition) is 4. The van der Waals surface area contributed by atoms with E-state index >= 15 is 0 Å². The van der Waals surface area contributed by atoms with Crippen molar-refractivity contribution in [1.82, 2.24) is 20.0 Å². The molecule has 0 saturated carbocycles. The molecular formula is C17H21ClN4O2. The van der Waals surface area contributed by atoms with E-state index in [0.29, 0.717) is 18.8 Å². The molecule has 1 aromatic heterocycles. The molecule has 1 aliphatic heterocycles. The maximum absolute atomic E-state index is 12.6. The molecule has 24 heavy (non-hydrogen) atoms. The Balaban J connectivity index is 0.00000208. The highest BCUT2D eigenvalue weighted by Crippen LogP contribution is 2.08. The third-order valence-corrected chi connectivity index (χ3v) is 4.02. The number of benzene rings is 1. The summed E-state index contributed by atoms with van der Waals surface area (Å²) in [6.45, 7) is 4.57. The number of nitrogens with one attached hydrogen (secondary N) is 1. The number of halogens is 1. The average Bonchev–Trinajstić information content (AvgIpc) is 2.58. The van der Waals surface area contributed by atoms with Gasteiger partial charge in [-0.25, -0.2) is 4.68 Å². The van der Waals surface area contributed by atoms with Crippen molar-refractivity contribution in [3.8, 4) is 0 Å². The second kappa shape index (κ2) is 8.08. The average molecular weight is 349 g/mol. The van der Waals surface area contributed by atoms with Gasteiger partial charge in [0.1, 0.15) is 5.69 Å². The van der Waals surface area contributed by atoms with Gasteiger partial charge in [-0.2, -0.15) is 5.10 Å². The number of amides is 1. The molecule has 128 valence electrons. The molecule has 0 bridgehead atoms.